The van der Waals surface area contributed by atoms with E-state index in [1.54, 1.807) is 0 Å². The maximum atomic E-state index is 12.3. The number of benzene rings is 2. The summed E-state index contributed by atoms with van der Waals surface area (Å²) in [5.41, 5.74) is 2.23. The maximum Gasteiger partial charge on any atom is 0.234 e. The minimum absolute atomic E-state index is 0.0450. The average Bonchev–Trinajstić information content (AvgIpc) is 3.15. The van der Waals surface area contributed by atoms with Crippen molar-refractivity contribution in [3.05, 3.63) is 52.5 Å². The zero-order valence-electron chi connectivity index (χ0n) is 15.0. The molecule has 2 aromatic carbocycles. The molecule has 6 nitrogen and oxygen atoms in total. The van der Waals surface area contributed by atoms with Crippen molar-refractivity contribution in [2.75, 3.05) is 44.4 Å². The molecule has 0 radical (unpaired) electrons. The van der Waals surface area contributed by atoms with Gasteiger partial charge >= 0.3 is 0 Å². The normalized spacial score (nSPS) is 16.4. The molecule has 0 aliphatic carbocycles. The Kier molecular flexibility index (Phi) is 5.50. The Morgan fingerprint density at radius 3 is 2.67 bits per heavy atom. The number of anilines is 1. The van der Waals surface area contributed by atoms with Crippen LogP contribution in [0.5, 0.6) is 11.5 Å². The predicted molar refractivity (Wildman–Crippen MR) is 107 cm³/mol. The summed E-state index contributed by atoms with van der Waals surface area (Å²) in [6.07, 6.45) is 0. The van der Waals surface area contributed by atoms with Gasteiger partial charge in [0.1, 0.15) is 0 Å². The molecule has 0 aromatic heterocycles. The molecule has 0 atom stereocenters. The van der Waals surface area contributed by atoms with Gasteiger partial charge in [0.15, 0.2) is 11.5 Å². The second-order valence-electron chi connectivity index (χ2n) is 6.71. The molecule has 1 saturated heterocycles. The Labute approximate surface area is 167 Å². The summed E-state index contributed by atoms with van der Waals surface area (Å²) in [5, 5.41) is 2.99. The van der Waals surface area contributed by atoms with Gasteiger partial charge in [-0.25, -0.2) is 0 Å². The van der Waals surface area contributed by atoms with Crippen LogP contribution in [0.15, 0.2) is 46.9 Å². The van der Waals surface area contributed by atoms with E-state index in [9.17, 15) is 4.79 Å². The number of hydrogen-bond acceptors (Lipinski definition) is 5. The largest absolute Gasteiger partial charge is 0.454 e. The highest BCUT2D eigenvalue weighted by Gasteiger charge is 2.19. The average molecular weight is 432 g/mol. The molecule has 1 N–H and O–H groups in total. The molecule has 142 valence electrons. The van der Waals surface area contributed by atoms with Crippen LogP contribution in [-0.2, 0) is 11.3 Å². The number of ether oxygens (including phenoxy) is 2. The number of fused-ring (bicyclic) bond motifs is 1. The van der Waals surface area contributed by atoms with Gasteiger partial charge in [-0.3, -0.25) is 9.69 Å². The van der Waals surface area contributed by atoms with Crippen LogP contribution in [0.2, 0.25) is 0 Å². The van der Waals surface area contributed by atoms with Gasteiger partial charge in [0.05, 0.1) is 6.54 Å². The number of piperazine rings is 1. The van der Waals surface area contributed by atoms with Crippen molar-refractivity contribution >= 4 is 27.5 Å². The fourth-order valence-electron chi connectivity index (χ4n) is 3.35. The molecule has 2 heterocycles. The van der Waals surface area contributed by atoms with Gasteiger partial charge in [-0.1, -0.05) is 28.1 Å². The SMILES string of the molecule is O=C(CN1CCN(c2cccc(Br)c2)CC1)NCc1ccc2c(c1)OCO2. The van der Waals surface area contributed by atoms with Crippen molar-refractivity contribution in [3.63, 3.8) is 0 Å². The van der Waals surface area contributed by atoms with Gasteiger partial charge in [0, 0.05) is 42.9 Å². The monoisotopic (exact) mass is 431 g/mol. The molecule has 1 amide bonds. The highest BCUT2D eigenvalue weighted by molar-refractivity contribution is 9.10. The van der Waals surface area contributed by atoms with Crippen LogP contribution < -0.4 is 19.7 Å². The Morgan fingerprint density at radius 1 is 1.04 bits per heavy atom. The smallest absolute Gasteiger partial charge is 0.234 e. The van der Waals surface area contributed by atoms with Crippen molar-refractivity contribution in [2.24, 2.45) is 0 Å². The van der Waals surface area contributed by atoms with Crippen molar-refractivity contribution in [2.45, 2.75) is 6.54 Å². The zero-order chi connectivity index (χ0) is 18.6. The first-order valence-electron chi connectivity index (χ1n) is 9.05. The van der Waals surface area contributed by atoms with Gasteiger partial charge in [-0.2, -0.15) is 0 Å². The Hall–Kier alpha value is -2.25. The van der Waals surface area contributed by atoms with Gasteiger partial charge < -0.3 is 19.7 Å². The Morgan fingerprint density at radius 2 is 1.85 bits per heavy atom. The number of carbonyl (C=O) groups is 1. The third-order valence-electron chi connectivity index (χ3n) is 4.84. The van der Waals surface area contributed by atoms with E-state index in [1.165, 1.54) is 5.69 Å². The lowest BCUT2D eigenvalue weighted by Crippen LogP contribution is -2.49. The van der Waals surface area contributed by atoms with Crippen LogP contribution in [-0.4, -0.2) is 50.3 Å². The lowest BCUT2D eigenvalue weighted by molar-refractivity contribution is -0.122. The lowest BCUT2D eigenvalue weighted by atomic mass is 10.2. The van der Waals surface area contributed by atoms with E-state index in [0.717, 1.165) is 47.7 Å². The molecule has 0 spiro atoms. The number of amides is 1. The van der Waals surface area contributed by atoms with E-state index < -0.39 is 0 Å². The molecular formula is C20H22BrN3O3. The van der Waals surface area contributed by atoms with Crippen molar-refractivity contribution < 1.29 is 14.3 Å². The van der Waals surface area contributed by atoms with E-state index in [2.05, 4.69) is 49.2 Å². The first kappa shape index (κ1) is 18.1. The van der Waals surface area contributed by atoms with Gasteiger partial charge in [-0.15, -0.1) is 0 Å². The summed E-state index contributed by atoms with van der Waals surface area (Å²) in [6.45, 7) is 4.78. The molecule has 7 heteroatoms. The van der Waals surface area contributed by atoms with E-state index in [-0.39, 0.29) is 12.7 Å². The second kappa shape index (κ2) is 8.19. The van der Waals surface area contributed by atoms with E-state index in [1.807, 2.05) is 24.3 Å². The Balaban J connectivity index is 1.22. The third-order valence-corrected chi connectivity index (χ3v) is 5.33. The maximum absolute atomic E-state index is 12.3. The molecule has 2 aliphatic heterocycles. The van der Waals surface area contributed by atoms with Crippen molar-refractivity contribution in [1.82, 2.24) is 10.2 Å². The van der Waals surface area contributed by atoms with Crippen LogP contribution in [0, 0.1) is 0 Å². The summed E-state index contributed by atoms with van der Waals surface area (Å²) >= 11 is 3.52. The summed E-state index contributed by atoms with van der Waals surface area (Å²) in [4.78, 5) is 16.8. The lowest BCUT2D eigenvalue weighted by Gasteiger charge is -2.35. The molecule has 27 heavy (non-hydrogen) atoms. The molecule has 2 aromatic rings. The fourth-order valence-corrected chi connectivity index (χ4v) is 3.73. The molecular weight excluding hydrogens is 410 g/mol. The van der Waals surface area contributed by atoms with E-state index in [4.69, 9.17) is 9.47 Å². The second-order valence-corrected chi connectivity index (χ2v) is 7.62. The first-order valence-corrected chi connectivity index (χ1v) is 9.85. The van der Waals surface area contributed by atoms with Crippen LogP contribution in [0.25, 0.3) is 0 Å². The van der Waals surface area contributed by atoms with Crippen molar-refractivity contribution in [3.8, 4) is 11.5 Å². The first-order chi connectivity index (χ1) is 13.2. The Bertz CT molecular complexity index is 822. The zero-order valence-corrected chi connectivity index (χ0v) is 16.6. The number of nitrogens with one attached hydrogen (secondary N) is 1. The topological polar surface area (TPSA) is 54.0 Å². The molecule has 2 aliphatic rings. The minimum atomic E-state index is 0.0450. The molecule has 0 bridgehead atoms. The number of carbonyl (C=O) groups excluding carboxylic acids is 1. The number of nitrogens with zero attached hydrogens (tertiary/aromatic N) is 2. The third kappa shape index (κ3) is 4.54. The highest BCUT2D eigenvalue weighted by atomic mass is 79.9. The molecule has 1 fully saturated rings. The standard InChI is InChI=1S/C20H22BrN3O3/c21-16-2-1-3-17(11-16)24-8-6-23(7-9-24)13-20(25)22-12-15-4-5-18-19(10-15)27-14-26-18/h1-5,10-11H,6-9,12-14H2,(H,22,25). The van der Waals surface area contributed by atoms with E-state index >= 15 is 0 Å². The number of hydrogen-bond donors (Lipinski definition) is 1. The van der Waals surface area contributed by atoms with Gasteiger partial charge in [0.25, 0.3) is 0 Å². The molecule has 0 saturated carbocycles. The summed E-state index contributed by atoms with van der Waals surface area (Å²) in [6, 6.07) is 14.1. The predicted octanol–water partition coefficient (Wildman–Crippen LogP) is 2.62. The van der Waals surface area contributed by atoms with Crippen LogP contribution in [0.3, 0.4) is 0 Å². The number of halogens is 1. The number of rotatable bonds is 5. The minimum Gasteiger partial charge on any atom is -0.454 e. The van der Waals surface area contributed by atoms with Crippen LogP contribution >= 0.6 is 15.9 Å². The molecule has 0 unspecified atom stereocenters. The fraction of sp³-hybridized carbons (Fsp3) is 0.350. The van der Waals surface area contributed by atoms with Crippen molar-refractivity contribution in [1.29, 1.82) is 0 Å². The van der Waals surface area contributed by atoms with Gasteiger partial charge in [0.2, 0.25) is 12.7 Å². The van der Waals surface area contributed by atoms with E-state index in [0.29, 0.717) is 13.1 Å². The van der Waals surface area contributed by atoms with Crippen LogP contribution in [0.1, 0.15) is 5.56 Å². The quantitative estimate of drug-likeness (QED) is 0.788. The van der Waals surface area contributed by atoms with Crippen LogP contribution in [0.4, 0.5) is 5.69 Å². The summed E-state index contributed by atoms with van der Waals surface area (Å²) < 4.78 is 11.8. The molecule has 4 rings (SSSR count). The van der Waals surface area contributed by atoms with Gasteiger partial charge in [-0.05, 0) is 35.9 Å². The summed E-state index contributed by atoms with van der Waals surface area (Å²) in [7, 11) is 0. The summed E-state index contributed by atoms with van der Waals surface area (Å²) in [5.74, 6) is 1.54. The highest BCUT2D eigenvalue weighted by Crippen LogP contribution is 2.32.